The minimum Gasteiger partial charge on any atom is -0.381 e. The van der Waals surface area contributed by atoms with Gasteiger partial charge in [0.1, 0.15) is 6.07 Å². The van der Waals surface area contributed by atoms with Crippen LogP contribution in [-0.2, 0) is 20.5 Å². The molecular weight excluding hydrogens is 450 g/mol. The lowest BCUT2D eigenvalue weighted by molar-refractivity contribution is 0.0844. The highest BCUT2D eigenvalue weighted by Gasteiger charge is 2.22. The van der Waals surface area contributed by atoms with Crippen molar-refractivity contribution in [2.45, 2.75) is 31.4 Å². The monoisotopic (exact) mass is 475 g/mol. The van der Waals surface area contributed by atoms with Crippen molar-refractivity contribution < 1.29 is 17.9 Å². The van der Waals surface area contributed by atoms with Gasteiger partial charge in [-0.3, -0.25) is 9.78 Å². The van der Waals surface area contributed by atoms with Crippen molar-refractivity contribution in [3.8, 4) is 17.2 Å². The molecule has 1 amide bonds. The van der Waals surface area contributed by atoms with E-state index in [0.717, 1.165) is 35.2 Å². The Morgan fingerprint density at radius 2 is 1.88 bits per heavy atom. The summed E-state index contributed by atoms with van der Waals surface area (Å²) in [4.78, 5) is 16.9. The molecule has 0 unspecified atom stereocenters. The van der Waals surface area contributed by atoms with E-state index in [2.05, 4.69) is 15.8 Å². The number of aryl methyl sites for hydroxylation is 1. The van der Waals surface area contributed by atoms with Gasteiger partial charge in [0.15, 0.2) is 0 Å². The van der Waals surface area contributed by atoms with Crippen molar-refractivity contribution in [2.24, 2.45) is 0 Å². The smallest absolute Gasteiger partial charge is 0.264 e. The fourth-order valence-corrected chi connectivity index (χ4v) is 5.21. The summed E-state index contributed by atoms with van der Waals surface area (Å²) in [5.41, 5.74) is 4.59. The van der Waals surface area contributed by atoms with E-state index < -0.39 is 15.9 Å². The number of sulfonamides is 1. The molecule has 1 aliphatic rings. The lowest BCUT2D eigenvalue weighted by Gasteiger charge is -2.22. The summed E-state index contributed by atoms with van der Waals surface area (Å²) in [7, 11) is -3.91. The van der Waals surface area contributed by atoms with E-state index in [1.165, 1.54) is 0 Å². The van der Waals surface area contributed by atoms with Crippen LogP contribution in [0.3, 0.4) is 0 Å². The van der Waals surface area contributed by atoms with Crippen LogP contribution in [0.15, 0.2) is 60.8 Å². The predicted molar refractivity (Wildman–Crippen MR) is 128 cm³/mol. The first-order valence-corrected chi connectivity index (χ1v) is 12.7. The van der Waals surface area contributed by atoms with Crippen molar-refractivity contribution in [1.82, 2.24) is 9.71 Å². The molecule has 1 saturated heterocycles. The number of rotatable bonds is 6. The number of nitrogens with one attached hydrogen (secondary N) is 1. The number of hydrogen-bond acceptors (Lipinski definition) is 6. The van der Waals surface area contributed by atoms with Crippen LogP contribution in [0.25, 0.3) is 11.1 Å². The quantitative estimate of drug-likeness (QED) is 0.575. The molecule has 0 bridgehead atoms. The molecule has 1 fully saturated rings. The summed E-state index contributed by atoms with van der Waals surface area (Å²) in [6, 6.07) is 17.6. The summed E-state index contributed by atoms with van der Waals surface area (Å²) in [6.45, 7) is 3.24. The second-order valence-corrected chi connectivity index (χ2v) is 10.1. The van der Waals surface area contributed by atoms with Gasteiger partial charge in [-0.25, -0.2) is 13.1 Å². The predicted octanol–water partition coefficient (Wildman–Crippen LogP) is 4.08. The molecule has 0 aliphatic carbocycles. The van der Waals surface area contributed by atoms with Crippen molar-refractivity contribution in [2.75, 3.05) is 13.2 Å². The highest BCUT2D eigenvalue weighted by atomic mass is 32.2. The van der Waals surface area contributed by atoms with Crippen LogP contribution in [0.4, 0.5) is 0 Å². The largest absolute Gasteiger partial charge is 0.381 e. The van der Waals surface area contributed by atoms with Gasteiger partial charge >= 0.3 is 0 Å². The van der Waals surface area contributed by atoms with Crippen LogP contribution < -0.4 is 4.72 Å². The number of ether oxygens (including phenoxy) is 1. The summed E-state index contributed by atoms with van der Waals surface area (Å²) in [6.07, 6.45) is 3.41. The number of amides is 1. The van der Waals surface area contributed by atoms with Gasteiger partial charge in [0, 0.05) is 36.5 Å². The number of aromatic nitrogens is 1. The Morgan fingerprint density at radius 1 is 1.15 bits per heavy atom. The van der Waals surface area contributed by atoms with Crippen LogP contribution in [0.1, 0.15) is 51.5 Å². The molecule has 4 rings (SSSR count). The SMILES string of the molecule is Cc1ccc(CS(=O)(=O)NC(=O)c2ccccc2)cc1-c1cnc(C2CCOCC2)c(C#N)c1. The van der Waals surface area contributed by atoms with E-state index >= 15 is 0 Å². The molecule has 0 atom stereocenters. The Morgan fingerprint density at radius 3 is 2.59 bits per heavy atom. The van der Waals surface area contributed by atoms with E-state index in [-0.39, 0.29) is 17.2 Å². The fraction of sp³-hybridized carbons (Fsp3) is 0.269. The number of benzene rings is 2. The minimum atomic E-state index is -3.91. The van der Waals surface area contributed by atoms with Gasteiger partial charge in [-0.2, -0.15) is 5.26 Å². The summed E-state index contributed by atoms with van der Waals surface area (Å²) < 4.78 is 32.8. The zero-order valence-corrected chi connectivity index (χ0v) is 19.6. The Labute approximate surface area is 199 Å². The Balaban J connectivity index is 1.57. The minimum absolute atomic E-state index is 0.197. The number of nitrogens with zero attached hydrogens (tertiary/aromatic N) is 2. The third-order valence-corrected chi connectivity index (χ3v) is 7.11. The maximum Gasteiger partial charge on any atom is 0.264 e. The molecule has 2 aromatic carbocycles. The van der Waals surface area contributed by atoms with Crippen LogP contribution in [0, 0.1) is 18.3 Å². The molecule has 174 valence electrons. The lowest BCUT2D eigenvalue weighted by atomic mass is 9.91. The van der Waals surface area contributed by atoms with Gasteiger partial charge in [-0.05, 0) is 60.7 Å². The van der Waals surface area contributed by atoms with Crippen molar-refractivity contribution >= 4 is 15.9 Å². The maximum absolute atomic E-state index is 12.6. The summed E-state index contributed by atoms with van der Waals surface area (Å²) in [5.74, 6) is -0.819. The number of pyridine rings is 1. The zero-order valence-electron chi connectivity index (χ0n) is 18.8. The highest BCUT2D eigenvalue weighted by Crippen LogP contribution is 2.31. The average Bonchev–Trinajstić information content (AvgIpc) is 2.85. The van der Waals surface area contributed by atoms with Crippen molar-refractivity contribution in [3.63, 3.8) is 0 Å². The Kier molecular flexibility index (Phi) is 7.06. The van der Waals surface area contributed by atoms with E-state index in [0.29, 0.717) is 24.3 Å². The Hall–Kier alpha value is -3.54. The highest BCUT2D eigenvalue weighted by molar-refractivity contribution is 7.89. The van der Waals surface area contributed by atoms with Gasteiger partial charge < -0.3 is 4.74 Å². The second kappa shape index (κ2) is 10.2. The number of carbonyl (C=O) groups excluding carboxylic acids is 1. The number of carbonyl (C=O) groups is 1. The van der Waals surface area contributed by atoms with Gasteiger partial charge in [-0.1, -0.05) is 30.3 Å². The lowest BCUT2D eigenvalue weighted by Crippen LogP contribution is -2.31. The maximum atomic E-state index is 12.6. The molecular formula is C26H25N3O4S. The average molecular weight is 476 g/mol. The van der Waals surface area contributed by atoms with E-state index in [1.54, 1.807) is 48.7 Å². The summed E-state index contributed by atoms with van der Waals surface area (Å²) >= 11 is 0. The van der Waals surface area contributed by atoms with Crippen LogP contribution in [0.2, 0.25) is 0 Å². The van der Waals surface area contributed by atoms with E-state index in [9.17, 15) is 18.5 Å². The molecule has 0 saturated carbocycles. The summed E-state index contributed by atoms with van der Waals surface area (Å²) in [5, 5.41) is 9.73. The standard InChI is InChI=1S/C26H25N3O4S/c1-18-7-8-19(17-34(31,32)29-26(30)21-5-3-2-4-6-21)13-24(18)23-14-22(15-27)25(28-16-23)20-9-11-33-12-10-20/h2-8,13-14,16,20H,9-12,17H2,1H3,(H,29,30). The van der Waals surface area contributed by atoms with Crippen LogP contribution >= 0.6 is 0 Å². The van der Waals surface area contributed by atoms with E-state index in [4.69, 9.17) is 4.74 Å². The second-order valence-electron chi connectivity index (χ2n) is 8.36. The molecule has 1 N–H and O–H groups in total. The molecule has 34 heavy (non-hydrogen) atoms. The molecule has 0 radical (unpaired) electrons. The Bertz CT molecular complexity index is 1340. The third kappa shape index (κ3) is 5.50. The molecule has 1 aromatic heterocycles. The zero-order chi connectivity index (χ0) is 24.1. The first-order valence-electron chi connectivity index (χ1n) is 11.0. The van der Waals surface area contributed by atoms with Crippen LogP contribution in [0.5, 0.6) is 0 Å². The normalized spacial score (nSPS) is 14.4. The fourth-order valence-electron chi connectivity index (χ4n) is 4.12. The van der Waals surface area contributed by atoms with Crippen LogP contribution in [-0.4, -0.2) is 32.5 Å². The van der Waals surface area contributed by atoms with Gasteiger partial charge in [0.05, 0.1) is 17.0 Å². The van der Waals surface area contributed by atoms with E-state index in [1.807, 2.05) is 19.1 Å². The first-order chi connectivity index (χ1) is 16.4. The molecule has 8 heteroatoms. The van der Waals surface area contributed by atoms with Gasteiger partial charge in [-0.15, -0.1) is 0 Å². The molecule has 0 spiro atoms. The van der Waals surface area contributed by atoms with Gasteiger partial charge in [0.2, 0.25) is 10.0 Å². The number of nitriles is 1. The molecule has 7 nitrogen and oxygen atoms in total. The number of hydrogen-bond donors (Lipinski definition) is 1. The van der Waals surface area contributed by atoms with Crippen molar-refractivity contribution in [3.05, 3.63) is 88.7 Å². The molecule has 2 heterocycles. The molecule has 1 aliphatic heterocycles. The topological polar surface area (TPSA) is 109 Å². The molecule has 3 aromatic rings. The van der Waals surface area contributed by atoms with Crippen molar-refractivity contribution in [1.29, 1.82) is 5.26 Å². The van der Waals surface area contributed by atoms with Gasteiger partial charge in [0.25, 0.3) is 5.91 Å². The third-order valence-electron chi connectivity index (χ3n) is 5.90. The first kappa shape index (κ1) is 23.6.